The molecule has 1 amide bonds. The van der Waals surface area contributed by atoms with Gasteiger partial charge in [-0.2, -0.15) is 0 Å². The first kappa shape index (κ1) is 57.7. The summed E-state index contributed by atoms with van der Waals surface area (Å²) < 4.78 is 11.2. The summed E-state index contributed by atoms with van der Waals surface area (Å²) in [4.78, 5) is 13.0. The van der Waals surface area contributed by atoms with E-state index in [9.17, 15) is 30.3 Å². The summed E-state index contributed by atoms with van der Waals surface area (Å²) in [6.45, 7) is 3.79. The van der Waals surface area contributed by atoms with Crippen LogP contribution in [0.5, 0.6) is 0 Å². The van der Waals surface area contributed by atoms with Crippen molar-refractivity contribution in [3.8, 4) is 0 Å². The van der Waals surface area contributed by atoms with Crippen molar-refractivity contribution in [1.82, 2.24) is 5.32 Å². The van der Waals surface area contributed by atoms with Gasteiger partial charge in [0.15, 0.2) is 6.29 Å². The first-order valence-corrected chi connectivity index (χ1v) is 26.1. The summed E-state index contributed by atoms with van der Waals surface area (Å²) in [6.07, 6.45) is 45.1. The molecule has 9 nitrogen and oxygen atoms in total. The molecular formula is C52H99NO8. The Kier molecular flexibility index (Phi) is 40.3. The molecular weight excluding hydrogens is 767 g/mol. The second-order valence-corrected chi connectivity index (χ2v) is 18.3. The molecule has 1 rings (SSSR count). The molecule has 1 aliphatic heterocycles. The molecule has 7 unspecified atom stereocenters. The Morgan fingerprint density at radius 2 is 0.918 bits per heavy atom. The molecule has 7 atom stereocenters. The molecule has 0 spiro atoms. The van der Waals surface area contributed by atoms with Crippen molar-refractivity contribution in [3.05, 3.63) is 24.3 Å². The second kappa shape index (κ2) is 42.6. The maximum Gasteiger partial charge on any atom is 0.220 e. The van der Waals surface area contributed by atoms with Crippen LogP contribution in [0.1, 0.15) is 245 Å². The van der Waals surface area contributed by atoms with E-state index in [4.69, 9.17) is 9.47 Å². The van der Waals surface area contributed by atoms with E-state index in [0.29, 0.717) is 6.42 Å². The molecule has 1 aliphatic rings. The molecule has 6 N–H and O–H groups in total. The third kappa shape index (κ3) is 32.9. The zero-order valence-corrected chi connectivity index (χ0v) is 39.7. The second-order valence-electron chi connectivity index (χ2n) is 18.3. The molecule has 0 aromatic rings. The van der Waals surface area contributed by atoms with E-state index in [2.05, 4.69) is 31.3 Å². The Labute approximate surface area is 375 Å². The van der Waals surface area contributed by atoms with Crippen molar-refractivity contribution in [2.75, 3.05) is 13.2 Å². The van der Waals surface area contributed by atoms with Crippen LogP contribution in [0.4, 0.5) is 0 Å². The van der Waals surface area contributed by atoms with Crippen LogP contribution < -0.4 is 5.32 Å². The minimum Gasteiger partial charge on any atom is -0.394 e. The molecule has 1 fully saturated rings. The number of aliphatic hydroxyl groups excluding tert-OH is 5. The lowest BCUT2D eigenvalue weighted by molar-refractivity contribution is -0.302. The van der Waals surface area contributed by atoms with E-state index in [1.165, 1.54) is 186 Å². The van der Waals surface area contributed by atoms with Gasteiger partial charge in [-0.1, -0.05) is 218 Å². The van der Waals surface area contributed by atoms with E-state index < -0.39 is 49.5 Å². The fourth-order valence-corrected chi connectivity index (χ4v) is 8.33. The third-order valence-corrected chi connectivity index (χ3v) is 12.5. The molecule has 9 heteroatoms. The van der Waals surface area contributed by atoms with Gasteiger partial charge >= 0.3 is 0 Å². The average Bonchev–Trinajstić information content (AvgIpc) is 3.26. The van der Waals surface area contributed by atoms with Gasteiger partial charge in [0.2, 0.25) is 5.91 Å². The van der Waals surface area contributed by atoms with Crippen LogP contribution in [0, 0.1) is 0 Å². The molecule has 0 bridgehead atoms. The molecule has 360 valence electrons. The predicted molar refractivity (Wildman–Crippen MR) is 253 cm³/mol. The number of hydrogen-bond acceptors (Lipinski definition) is 8. The van der Waals surface area contributed by atoms with Gasteiger partial charge in [0, 0.05) is 6.42 Å². The van der Waals surface area contributed by atoms with Gasteiger partial charge in [0.05, 0.1) is 25.4 Å². The zero-order chi connectivity index (χ0) is 44.4. The Morgan fingerprint density at radius 3 is 1.33 bits per heavy atom. The quantitative estimate of drug-likeness (QED) is 0.0262. The number of carbonyl (C=O) groups is 1. The highest BCUT2D eigenvalue weighted by Gasteiger charge is 2.44. The average molecular weight is 866 g/mol. The minimum atomic E-state index is -1.57. The van der Waals surface area contributed by atoms with Crippen LogP contribution >= 0.6 is 0 Å². The van der Waals surface area contributed by atoms with Gasteiger partial charge < -0.3 is 40.3 Å². The highest BCUT2D eigenvalue weighted by Crippen LogP contribution is 2.23. The van der Waals surface area contributed by atoms with Crippen LogP contribution in [-0.4, -0.2) is 87.5 Å². The molecule has 0 aromatic heterocycles. The third-order valence-electron chi connectivity index (χ3n) is 12.5. The van der Waals surface area contributed by atoms with Crippen LogP contribution in [0.25, 0.3) is 0 Å². The summed E-state index contributed by atoms with van der Waals surface area (Å²) in [6, 6.07) is -0.805. The van der Waals surface area contributed by atoms with Gasteiger partial charge in [0.1, 0.15) is 24.4 Å². The van der Waals surface area contributed by atoms with Crippen LogP contribution in [0.3, 0.4) is 0 Å². The number of amides is 1. The van der Waals surface area contributed by atoms with Crippen molar-refractivity contribution in [3.63, 3.8) is 0 Å². The molecule has 1 saturated heterocycles. The lowest BCUT2D eigenvalue weighted by Crippen LogP contribution is -2.60. The van der Waals surface area contributed by atoms with Crippen molar-refractivity contribution in [2.24, 2.45) is 0 Å². The van der Waals surface area contributed by atoms with Crippen LogP contribution in [-0.2, 0) is 14.3 Å². The van der Waals surface area contributed by atoms with E-state index in [-0.39, 0.29) is 12.5 Å². The molecule has 0 radical (unpaired) electrons. The van der Waals surface area contributed by atoms with Gasteiger partial charge in [0.25, 0.3) is 0 Å². The minimum absolute atomic E-state index is 0.179. The topological polar surface area (TPSA) is 149 Å². The summed E-state index contributed by atoms with van der Waals surface area (Å²) in [5.41, 5.74) is 0. The Morgan fingerprint density at radius 1 is 0.541 bits per heavy atom. The van der Waals surface area contributed by atoms with Crippen molar-refractivity contribution in [2.45, 2.75) is 288 Å². The monoisotopic (exact) mass is 866 g/mol. The number of rotatable bonds is 44. The highest BCUT2D eigenvalue weighted by atomic mass is 16.7. The molecule has 0 aromatic carbocycles. The van der Waals surface area contributed by atoms with Gasteiger partial charge in [-0.15, -0.1) is 0 Å². The standard InChI is InChI=1S/C52H99NO8/c1-3-5-7-9-11-13-15-17-19-21-23-25-27-29-31-33-35-37-39-41-46(55)45(44-60-52-51(59)50(58)49(57)47(43-54)61-52)53-48(56)42-40-38-36-34-32-30-28-26-24-22-20-18-16-14-12-10-8-6-4-2/h22,24,39,41,45-47,49-52,54-55,57-59H,3-21,23,25-38,40,42-44H2,1-2H3,(H,53,56)/b24-22-,41-39+. The van der Waals surface area contributed by atoms with E-state index in [1.807, 2.05) is 6.08 Å². The maximum atomic E-state index is 13.0. The van der Waals surface area contributed by atoms with Crippen LogP contribution in [0.2, 0.25) is 0 Å². The lowest BCUT2D eigenvalue weighted by atomic mass is 9.99. The van der Waals surface area contributed by atoms with E-state index in [1.54, 1.807) is 6.08 Å². The van der Waals surface area contributed by atoms with Crippen molar-refractivity contribution >= 4 is 5.91 Å². The number of carbonyl (C=O) groups excluding carboxylic acids is 1. The Hall–Kier alpha value is -1.33. The summed E-state index contributed by atoms with van der Waals surface area (Å²) >= 11 is 0. The largest absolute Gasteiger partial charge is 0.394 e. The van der Waals surface area contributed by atoms with E-state index in [0.717, 1.165) is 38.5 Å². The summed E-state index contributed by atoms with van der Waals surface area (Å²) in [7, 11) is 0. The zero-order valence-electron chi connectivity index (χ0n) is 39.7. The first-order valence-electron chi connectivity index (χ1n) is 26.1. The smallest absolute Gasteiger partial charge is 0.220 e. The predicted octanol–water partition coefficient (Wildman–Crippen LogP) is 11.8. The Balaban J connectivity index is 2.30. The summed E-state index contributed by atoms with van der Waals surface area (Å²) in [5, 5.41) is 54.4. The maximum absolute atomic E-state index is 13.0. The van der Waals surface area contributed by atoms with Gasteiger partial charge in [-0.3, -0.25) is 4.79 Å². The first-order chi connectivity index (χ1) is 29.8. The molecule has 1 heterocycles. The number of unbranched alkanes of at least 4 members (excludes halogenated alkanes) is 32. The van der Waals surface area contributed by atoms with Crippen molar-refractivity contribution < 1.29 is 39.8 Å². The van der Waals surface area contributed by atoms with Gasteiger partial charge in [-0.05, 0) is 44.9 Å². The van der Waals surface area contributed by atoms with Gasteiger partial charge in [-0.25, -0.2) is 0 Å². The molecule has 0 saturated carbocycles. The fourth-order valence-electron chi connectivity index (χ4n) is 8.33. The number of aliphatic hydroxyl groups is 5. The van der Waals surface area contributed by atoms with E-state index >= 15 is 0 Å². The number of allylic oxidation sites excluding steroid dienone is 3. The fraction of sp³-hybridized carbons (Fsp3) is 0.904. The lowest BCUT2D eigenvalue weighted by Gasteiger charge is -2.40. The number of hydrogen-bond donors (Lipinski definition) is 6. The van der Waals surface area contributed by atoms with Crippen LogP contribution in [0.15, 0.2) is 24.3 Å². The molecule has 61 heavy (non-hydrogen) atoms. The SMILES string of the molecule is CCCCCCCCCC/C=C\CCCCCCCCCC(=O)NC(COC1OC(CO)C(O)C(O)C1O)C(O)/C=C/CCCCCCCCCCCCCCCCCCC. The summed E-state index contributed by atoms with van der Waals surface area (Å²) in [5.74, 6) is -0.179. The normalized spacial score (nSPS) is 20.5. The number of nitrogens with one attached hydrogen (secondary N) is 1. The Bertz CT molecular complexity index is 1010. The highest BCUT2D eigenvalue weighted by molar-refractivity contribution is 5.76. The van der Waals surface area contributed by atoms with Crippen molar-refractivity contribution in [1.29, 1.82) is 0 Å². The number of ether oxygens (including phenoxy) is 2. The molecule has 0 aliphatic carbocycles.